The first-order valence-corrected chi connectivity index (χ1v) is 10.0. The number of nitrogens with zero attached hydrogens (tertiary/aromatic N) is 1. The summed E-state index contributed by atoms with van der Waals surface area (Å²) in [7, 11) is 0. The SMILES string of the molecule is CCCC[C@H](CN(O)C=O)C(=O)N[C@H](C(=O)OC1CCCC1)c1ccccc1. The molecule has 7 heteroatoms. The maximum absolute atomic E-state index is 12.9. The number of unbranched alkanes of at least 4 members (excludes halogenated alkanes) is 1. The van der Waals surface area contributed by atoms with Gasteiger partial charge >= 0.3 is 5.97 Å². The Morgan fingerprint density at radius 3 is 2.57 bits per heavy atom. The summed E-state index contributed by atoms with van der Waals surface area (Å²) in [5.74, 6) is -1.47. The van der Waals surface area contributed by atoms with Gasteiger partial charge in [0, 0.05) is 0 Å². The molecule has 0 radical (unpaired) electrons. The van der Waals surface area contributed by atoms with Crippen molar-refractivity contribution in [2.24, 2.45) is 5.92 Å². The number of nitrogens with one attached hydrogen (secondary N) is 1. The van der Waals surface area contributed by atoms with Crippen LogP contribution in [0.1, 0.15) is 63.5 Å². The highest BCUT2D eigenvalue weighted by molar-refractivity contribution is 5.87. The molecule has 2 atom stereocenters. The van der Waals surface area contributed by atoms with E-state index in [0.29, 0.717) is 17.0 Å². The third-order valence-electron chi connectivity index (χ3n) is 5.05. The van der Waals surface area contributed by atoms with E-state index in [1.807, 2.05) is 13.0 Å². The molecule has 0 bridgehead atoms. The molecule has 7 nitrogen and oxygen atoms in total. The van der Waals surface area contributed by atoms with Crippen molar-refractivity contribution >= 4 is 18.3 Å². The van der Waals surface area contributed by atoms with Gasteiger partial charge in [-0.1, -0.05) is 50.1 Å². The number of carbonyl (C=O) groups is 3. The number of hydrogen-bond acceptors (Lipinski definition) is 5. The molecule has 2 N–H and O–H groups in total. The Kier molecular flexibility index (Phi) is 8.94. The fraction of sp³-hybridized carbons (Fsp3) is 0.571. The van der Waals surface area contributed by atoms with E-state index in [0.717, 1.165) is 38.5 Å². The van der Waals surface area contributed by atoms with Crippen LogP contribution in [-0.2, 0) is 19.1 Å². The molecular weight excluding hydrogens is 360 g/mol. The molecule has 1 fully saturated rings. The van der Waals surface area contributed by atoms with Gasteiger partial charge in [-0.15, -0.1) is 0 Å². The summed E-state index contributed by atoms with van der Waals surface area (Å²) in [5, 5.41) is 12.8. The highest BCUT2D eigenvalue weighted by Gasteiger charge is 2.30. The number of amides is 2. The summed E-state index contributed by atoms with van der Waals surface area (Å²) >= 11 is 0. The molecule has 0 aliphatic heterocycles. The predicted octanol–water partition coefficient (Wildman–Crippen LogP) is 2.98. The number of ether oxygens (including phenoxy) is 1. The fourth-order valence-corrected chi connectivity index (χ4v) is 3.45. The molecule has 2 amide bonds. The molecule has 1 aromatic carbocycles. The van der Waals surface area contributed by atoms with Crippen LogP contribution in [0.2, 0.25) is 0 Å². The Morgan fingerprint density at radius 2 is 1.96 bits per heavy atom. The van der Waals surface area contributed by atoms with Gasteiger partial charge in [-0.25, -0.2) is 9.86 Å². The minimum atomic E-state index is -0.915. The minimum Gasteiger partial charge on any atom is -0.461 e. The highest BCUT2D eigenvalue weighted by atomic mass is 16.5. The summed E-state index contributed by atoms with van der Waals surface area (Å²) in [4.78, 5) is 36.4. The molecular formula is C21H30N2O5. The van der Waals surface area contributed by atoms with Gasteiger partial charge in [-0.2, -0.15) is 0 Å². The van der Waals surface area contributed by atoms with Gasteiger partial charge in [-0.3, -0.25) is 14.8 Å². The van der Waals surface area contributed by atoms with Gasteiger partial charge in [-0.05, 0) is 37.7 Å². The quantitative estimate of drug-likeness (QED) is 0.262. The molecule has 1 aromatic rings. The number of rotatable bonds is 11. The zero-order chi connectivity index (χ0) is 20.4. The third-order valence-corrected chi connectivity index (χ3v) is 5.05. The maximum atomic E-state index is 12.9. The molecule has 0 saturated heterocycles. The van der Waals surface area contributed by atoms with Crippen molar-refractivity contribution in [3.8, 4) is 0 Å². The summed E-state index contributed by atoms with van der Waals surface area (Å²) in [5.41, 5.74) is 0.643. The van der Waals surface area contributed by atoms with E-state index < -0.39 is 17.9 Å². The van der Waals surface area contributed by atoms with Gasteiger partial charge in [0.25, 0.3) is 0 Å². The van der Waals surface area contributed by atoms with Crippen molar-refractivity contribution < 1.29 is 24.3 Å². The zero-order valence-electron chi connectivity index (χ0n) is 16.4. The summed E-state index contributed by atoms with van der Waals surface area (Å²) < 4.78 is 5.62. The van der Waals surface area contributed by atoms with Crippen LogP contribution in [0.3, 0.4) is 0 Å². The van der Waals surface area contributed by atoms with Gasteiger partial charge in [0.15, 0.2) is 6.04 Å². The zero-order valence-corrected chi connectivity index (χ0v) is 16.4. The van der Waals surface area contributed by atoms with Crippen LogP contribution in [-0.4, -0.2) is 41.2 Å². The van der Waals surface area contributed by atoms with Crippen LogP contribution in [0.5, 0.6) is 0 Å². The summed E-state index contributed by atoms with van der Waals surface area (Å²) in [6.45, 7) is 1.88. The van der Waals surface area contributed by atoms with Gasteiger partial charge < -0.3 is 10.1 Å². The van der Waals surface area contributed by atoms with Crippen LogP contribution >= 0.6 is 0 Å². The van der Waals surface area contributed by atoms with Crippen LogP contribution in [0.15, 0.2) is 30.3 Å². The lowest BCUT2D eigenvalue weighted by atomic mass is 9.99. The molecule has 2 rings (SSSR count). The normalized spacial score (nSPS) is 16.2. The Bertz CT molecular complexity index is 631. The van der Waals surface area contributed by atoms with E-state index in [1.54, 1.807) is 24.3 Å². The van der Waals surface area contributed by atoms with Gasteiger partial charge in [0.05, 0.1) is 12.5 Å². The maximum Gasteiger partial charge on any atom is 0.333 e. The van der Waals surface area contributed by atoms with E-state index in [-0.39, 0.29) is 25.0 Å². The topological polar surface area (TPSA) is 95.9 Å². The standard InChI is InChI=1S/C21H30N2O5/c1-2-3-9-17(14-23(27)15-24)20(25)22-19(16-10-5-4-6-11-16)21(26)28-18-12-7-8-13-18/h4-6,10-11,15,17-19,27H,2-3,7-9,12-14H2,1H3,(H,22,25)/t17-,19+/m1/s1. The van der Waals surface area contributed by atoms with E-state index >= 15 is 0 Å². The van der Waals surface area contributed by atoms with Crippen LogP contribution in [0.4, 0.5) is 0 Å². The average Bonchev–Trinajstić information content (AvgIpc) is 3.22. The predicted molar refractivity (Wildman–Crippen MR) is 103 cm³/mol. The van der Waals surface area contributed by atoms with Crippen LogP contribution in [0, 0.1) is 5.92 Å². The first-order valence-electron chi connectivity index (χ1n) is 10.0. The van der Waals surface area contributed by atoms with E-state index in [9.17, 15) is 19.6 Å². The Labute approximate surface area is 166 Å². The number of benzene rings is 1. The van der Waals surface area contributed by atoms with E-state index in [2.05, 4.69) is 5.32 Å². The average molecular weight is 390 g/mol. The Balaban J connectivity index is 2.13. The lowest BCUT2D eigenvalue weighted by Crippen LogP contribution is -2.42. The fourth-order valence-electron chi connectivity index (χ4n) is 3.45. The molecule has 28 heavy (non-hydrogen) atoms. The second kappa shape index (κ2) is 11.4. The van der Waals surface area contributed by atoms with Crippen LogP contribution in [0.25, 0.3) is 0 Å². The molecule has 154 valence electrons. The Hall–Kier alpha value is -2.41. The van der Waals surface area contributed by atoms with E-state index in [1.165, 1.54) is 0 Å². The number of carbonyl (C=O) groups excluding carboxylic acids is 3. The second-order valence-corrected chi connectivity index (χ2v) is 7.26. The number of esters is 1. The van der Waals surface area contributed by atoms with Crippen LogP contribution < -0.4 is 5.32 Å². The second-order valence-electron chi connectivity index (χ2n) is 7.26. The van der Waals surface area contributed by atoms with Gasteiger partial charge in [0.2, 0.25) is 12.3 Å². The van der Waals surface area contributed by atoms with Crippen molar-refractivity contribution in [3.05, 3.63) is 35.9 Å². The van der Waals surface area contributed by atoms with Crippen molar-refractivity contribution in [2.45, 2.75) is 64.0 Å². The Morgan fingerprint density at radius 1 is 1.29 bits per heavy atom. The first-order chi connectivity index (χ1) is 13.5. The molecule has 1 aliphatic rings. The van der Waals surface area contributed by atoms with Crippen molar-refractivity contribution in [2.75, 3.05) is 6.54 Å². The highest BCUT2D eigenvalue weighted by Crippen LogP contribution is 2.24. The molecule has 0 heterocycles. The summed E-state index contributed by atoms with van der Waals surface area (Å²) in [6, 6.07) is 8.06. The van der Waals surface area contributed by atoms with Crippen molar-refractivity contribution in [1.29, 1.82) is 0 Å². The number of hydroxylamine groups is 2. The minimum absolute atomic E-state index is 0.102. The molecule has 0 unspecified atom stereocenters. The lowest BCUT2D eigenvalue weighted by molar-refractivity contribution is -0.157. The third kappa shape index (κ3) is 6.64. The molecule has 0 spiro atoms. The molecule has 1 aliphatic carbocycles. The largest absolute Gasteiger partial charge is 0.461 e. The first kappa shape index (κ1) is 21.9. The smallest absolute Gasteiger partial charge is 0.333 e. The van der Waals surface area contributed by atoms with E-state index in [4.69, 9.17) is 4.74 Å². The monoisotopic (exact) mass is 390 g/mol. The lowest BCUT2D eigenvalue weighted by Gasteiger charge is -2.24. The van der Waals surface area contributed by atoms with Gasteiger partial charge in [0.1, 0.15) is 6.10 Å². The van der Waals surface area contributed by atoms with Crippen molar-refractivity contribution in [3.63, 3.8) is 0 Å². The van der Waals surface area contributed by atoms with Crippen molar-refractivity contribution in [1.82, 2.24) is 10.4 Å². The molecule has 1 saturated carbocycles. The summed E-state index contributed by atoms with van der Waals surface area (Å²) in [6.07, 6.45) is 6.10. The number of hydrogen-bond donors (Lipinski definition) is 2. The molecule has 0 aromatic heterocycles.